The quantitative estimate of drug-likeness (QED) is 0.719. The van der Waals surface area contributed by atoms with Crippen LogP contribution in [0.1, 0.15) is 0 Å². The van der Waals surface area contributed by atoms with Crippen LogP contribution in [0.2, 0.25) is 0 Å². The van der Waals surface area contributed by atoms with Crippen LogP contribution in [0.5, 0.6) is 5.75 Å². The minimum absolute atomic E-state index is 0.180. The van der Waals surface area contributed by atoms with Crippen LogP contribution in [0.25, 0.3) is 10.2 Å². The van der Waals surface area contributed by atoms with Crippen LogP contribution < -0.4 is 15.0 Å². The zero-order valence-electron chi connectivity index (χ0n) is 15.1. The van der Waals surface area contributed by atoms with Crippen molar-refractivity contribution in [2.45, 2.75) is 0 Å². The Labute approximate surface area is 164 Å². The van der Waals surface area contributed by atoms with E-state index in [1.165, 1.54) is 17.4 Å². The summed E-state index contributed by atoms with van der Waals surface area (Å²) < 4.78 is 32.9. The molecule has 0 spiro atoms. The molecule has 4 rings (SSSR count). The number of aromatic nitrogens is 1. The molecule has 9 heteroatoms. The monoisotopic (exact) mass is 404 g/mol. The zero-order chi connectivity index (χ0) is 19.7. The summed E-state index contributed by atoms with van der Waals surface area (Å²) in [5.74, 6) is -0.602. The lowest BCUT2D eigenvalue weighted by molar-refractivity contribution is 0.208. The van der Waals surface area contributed by atoms with Crippen LogP contribution in [0.3, 0.4) is 0 Å². The van der Waals surface area contributed by atoms with Crippen LogP contribution in [0.15, 0.2) is 36.4 Å². The van der Waals surface area contributed by atoms with E-state index in [0.29, 0.717) is 47.4 Å². The first-order valence-corrected chi connectivity index (χ1v) is 9.55. The molecule has 2 amide bonds. The molecule has 2 heterocycles. The lowest BCUT2D eigenvalue weighted by Crippen LogP contribution is -2.50. The predicted octanol–water partition coefficient (Wildman–Crippen LogP) is 3.94. The number of nitrogens with zero attached hydrogens (tertiary/aromatic N) is 3. The molecule has 0 atom stereocenters. The molecule has 0 saturated carbocycles. The van der Waals surface area contributed by atoms with E-state index < -0.39 is 11.6 Å². The first kappa shape index (κ1) is 18.4. The number of carbonyl (C=O) groups is 1. The summed E-state index contributed by atoms with van der Waals surface area (Å²) in [6.45, 7) is 2.13. The lowest BCUT2D eigenvalue weighted by atomic mass is 10.3. The molecule has 1 fully saturated rings. The minimum atomic E-state index is -0.659. The second-order valence-electron chi connectivity index (χ2n) is 6.37. The molecule has 0 bridgehead atoms. The Balaban J connectivity index is 1.40. The van der Waals surface area contributed by atoms with E-state index in [2.05, 4.69) is 10.3 Å². The SMILES string of the molecule is COc1cccc(NC(=O)N2CCN(c3nc4c(F)cc(F)cc4s3)CC2)c1. The van der Waals surface area contributed by atoms with Gasteiger partial charge in [-0.15, -0.1) is 0 Å². The van der Waals surface area contributed by atoms with Crippen molar-refractivity contribution in [3.8, 4) is 5.75 Å². The number of fused-ring (bicyclic) bond motifs is 1. The molecule has 1 aliphatic heterocycles. The first-order chi connectivity index (χ1) is 13.5. The maximum absolute atomic E-state index is 13.9. The molecule has 6 nitrogen and oxygen atoms in total. The number of benzene rings is 2. The molecule has 3 aromatic rings. The van der Waals surface area contributed by atoms with Crippen molar-refractivity contribution in [3.05, 3.63) is 48.0 Å². The van der Waals surface area contributed by atoms with Crippen LogP contribution in [-0.4, -0.2) is 49.2 Å². The Kier molecular flexibility index (Phi) is 4.99. The third-order valence-electron chi connectivity index (χ3n) is 4.56. The molecule has 1 N–H and O–H groups in total. The van der Waals surface area contributed by atoms with Crippen LogP contribution in [0, 0.1) is 11.6 Å². The summed E-state index contributed by atoms with van der Waals surface area (Å²) in [5, 5.41) is 3.49. The van der Waals surface area contributed by atoms with Crippen molar-refractivity contribution in [1.82, 2.24) is 9.88 Å². The Hall–Kier alpha value is -2.94. The van der Waals surface area contributed by atoms with E-state index >= 15 is 0 Å². The number of rotatable bonds is 3. The normalized spacial score (nSPS) is 14.4. The molecule has 1 aliphatic rings. The molecule has 146 valence electrons. The number of thiazole rings is 1. The number of piperazine rings is 1. The summed E-state index contributed by atoms with van der Waals surface area (Å²) in [6.07, 6.45) is 0. The summed E-state index contributed by atoms with van der Waals surface area (Å²) in [5.41, 5.74) is 0.843. The highest BCUT2D eigenvalue weighted by Crippen LogP contribution is 2.31. The van der Waals surface area contributed by atoms with E-state index in [9.17, 15) is 13.6 Å². The average molecular weight is 404 g/mol. The van der Waals surface area contributed by atoms with Crippen molar-refractivity contribution in [3.63, 3.8) is 0 Å². The highest BCUT2D eigenvalue weighted by atomic mass is 32.1. The van der Waals surface area contributed by atoms with E-state index in [0.717, 1.165) is 6.07 Å². The van der Waals surface area contributed by atoms with Crippen molar-refractivity contribution in [2.75, 3.05) is 43.5 Å². The number of urea groups is 1. The molecule has 0 aliphatic carbocycles. The van der Waals surface area contributed by atoms with Crippen molar-refractivity contribution >= 4 is 38.4 Å². The summed E-state index contributed by atoms with van der Waals surface area (Å²) in [7, 11) is 1.57. The second kappa shape index (κ2) is 7.59. The molecule has 0 radical (unpaired) electrons. The van der Waals surface area contributed by atoms with Crippen LogP contribution in [-0.2, 0) is 0 Å². The highest BCUT2D eigenvalue weighted by molar-refractivity contribution is 7.22. The third kappa shape index (κ3) is 3.70. The first-order valence-electron chi connectivity index (χ1n) is 8.74. The van der Waals surface area contributed by atoms with Gasteiger partial charge in [0, 0.05) is 44.0 Å². The van der Waals surface area contributed by atoms with Gasteiger partial charge in [0.15, 0.2) is 10.9 Å². The number of anilines is 2. The van der Waals surface area contributed by atoms with Crippen LogP contribution in [0.4, 0.5) is 24.4 Å². The standard InChI is InChI=1S/C19H18F2N4O2S/c1-27-14-4-2-3-13(11-14)22-18(26)24-5-7-25(8-6-24)19-23-17-15(21)9-12(20)10-16(17)28-19/h2-4,9-11H,5-8H2,1H3,(H,22,26). The van der Waals surface area contributed by atoms with Gasteiger partial charge in [0.25, 0.3) is 0 Å². The van der Waals surface area contributed by atoms with Gasteiger partial charge in [0.2, 0.25) is 0 Å². The molecule has 28 heavy (non-hydrogen) atoms. The smallest absolute Gasteiger partial charge is 0.321 e. The van der Waals surface area contributed by atoms with Crippen molar-refractivity contribution in [1.29, 1.82) is 0 Å². The highest BCUT2D eigenvalue weighted by Gasteiger charge is 2.24. The van der Waals surface area contributed by atoms with Gasteiger partial charge in [0.05, 0.1) is 11.8 Å². The van der Waals surface area contributed by atoms with Gasteiger partial charge in [-0.05, 0) is 18.2 Å². The molecular formula is C19H18F2N4O2S. The van der Waals surface area contributed by atoms with Crippen molar-refractivity contribution in [2.24, 2.45) is 0 Å². The van der Waals surface area contributed by atoms with E-state index in [-0.39, 0.29) is 11.5 Å². The van der Waals surface area contributed by atoms with Crippen molar-refractivity contribution < 1.29 is 18.3 Å². The topological polar surface area (TPSA) is 57.7 Å². The number of amides is 2. The summed E-state index contributed by atoms with van der Waals surface area (Å²) in [4.78, 5) is 20.5. The molecule has 0 unspecified atom stereocenters. The molecule has 1 saturated heterocycles. The Bertz CT molecular complexity index is 1020. The van der Waals surface area contributed by atoms with Gasteiger partial charge in [-0.1, -0.05) is 17.4 Å². The Morgan fingerprint density at radius 3 is 2.71 bits per heavy atom. The van der Waals surface area contributed by atoms with Gasteiger partial charge in [-0.2, -0.15) is 0 Å². The number of hydrogen-bond acceptors (Lipinski definition) is 5. The van der Waals surface area contributed by atoms with Gasteiger partial charge in [0.1, 0.15) is 17.1 Å². The number of carbonyl (C=O) groups excluding carboxylic acids is 1. The number of ether oxygens (including phenoxy) is 1. The number of halogens is 2. The maximum atomic E-state index is 13.9. The molecule has 1 aromatic heterocycles. The average Bonchev–Trinajstić information content (AvgIpc) is 3.12. The van der Waals surface area contributed by atoms with E-state index in [1.54, 1.807) is 30.2 Å². The van der Waals surface area contributed by atoms with E-state index in [1.807, 2.05) is 11.0 Å². The fourth-order valence-electron chi connectivity index (χ4n) is 3.08. The van der Waals surface area contributed by atoms with Gasteiger partial charge >= 0.3 is 6.03 Å². The predicted molar refractivity (Wildman–Crippen MR) is 105 cm³/mol. The largest absolute Gasteiger partial charge is 0.497 e. The number of methoxy groups -OCH3 is 1. The number of nitrogens with one attached hydrogen (secondary N) is 1. The van der Waals surface area contributed by atoms with E-state index in [4.69, 9.17) is 4.74 Å². The maximum Gasteiger partial charge on any atom is 0.321 e. The summed E-state index contributed by atoms with van der Waals surface area (Å²) >= 11 is 1.25. The second-order valence-corrected chi connectivity index (χ2v) is 7.38. The van der Waals surface area contributed by atoms with Gasteiger partial charge in [-0.25, -0.2) is 18.6 Å². The summed E-state index contributed by atoms with van der Waals surface area (Å²) in [6, 6.07) is 9.10. The van der Waals surface area contributed by atoms with Crippen LogP contribution >= 0.6 is 11.3 Å². The zero-order valence-corrected chi connectivity index (χ0v) is 15.9. The van der Waals surface area contributed by atoms with Gasteiger partial charge < -0.3 is 19.9 Å². The Morgan fingerprint density at radius 1 is 1.18 bits per heavy atom. The third-order valence-corrected chi connectivity index (χ3v) is 5.62. The molecule has 2 aromatic carbocycles. The fourth-order valence-corrected chi connectivity index (χ4v) is 4.14. The minimum Gasteiger partial charge on any atom is -0.497 e. The lowest BCUT2D eigenvalue weighted by Gasteiger charge is -2.34. The van der Waals surface area contributed by atoms with Gasteiger partial charge in [-0.3, -0.25) is 0 Å². The Morgan fingerprint density at radius 2 is 1.96 bits per heavy atom. The fraction of sp³-hybridized carbons (Fsp3) is 0.263. The molecular weight excluding hydrogens is 386 g/mol. The number of hydrogen-bond donors (Lipinski definition) is 1.